The van der Waals surface area contributed by atoms with Crippen LogP contribution in [0.5, 0.6) is 0 Å². The zero-order chi connectivity index (χ0) is 9.26. The van der Waals surface area contributed by atoms with Gasteiger partial charge in [0.05, 0.1) is 0 Å². The second kappa shape index (κ2) is 3.37. The van der Waals surface area contributed by atoms with Crippen molar-refractivity contribution in [2.75, 3.05) is 0 Å². The van der Waals surface area contributed by atoms with Crippen molar-refractivity contribution in [3.8, 4) is 0 Å². The van der Waals surface area contributed by atoms with Crippen LogP contribution >= 0.6 is 0 Å². The maximum atomic E-state index is 2.39. The average Bonchev–Trinajstić information content (AvgIpc) is 2.60. The van der Waals surface area contributed by atoms with Crippen LogP contribution in [0.15, 0.2) is 30.3 Å². The summed E-state index contributed by atoms with van der Waals surface area (Å²) in [5.41, 5.74) is 4.53. The smallest absolute Gasteiger partial charge is 0.00853 e. The van der Waals surface area contributed by atoms with Crippen molar-refractivity contribution >= 4 is 5.57 Å². The highest BCUT2D eigenvalue weighted by Crippen LogP contribution is 2.33. The first kappa shape index (κ1) is 8.55. The van der Waals surface area contributed by atoms with E-state index < -0.39 is 0 Å². The van der Waals surface area contributed by atoms with Crippen molar-refractivity contribution in [1.82, 2.24) is 0 Å². The first-order chi connectivity index (χ1) is 6.33. The topological polar surface area (TPSA) is 0 Å². The number of hydrogen-bond acceptors (Lipinski definition) is 0. The minimum atomic E-state index is 0.712. The first-order valence-electron chi connectivity index (χ1n) is 5.11. The fourth-order valence-corrected chi connectivity index (χ4v) is 2.00. The molecule has 0 radical (unpaired) electrons. The van der Waals surface area contributed by atoms with Crippen LogP contribution in [-0.2, 0) is 6.42 Å². The molecular weight excluding hydrogens is 156 g/mol. The lowest BCUT2D eigenvalue weighted by Gasteiger charge is -2.11. The Labute approximate surface area is 80.3 Å². The lowest BCUT2D eigenvalue weighted by Crippen LogP contribution is -1.95. The summed E-state index contributed by atoms with van der Waals surface area (Å²) in [5, 5.41) is 0. The van der Waals surface area contributed by atoms with Gasteiger partial charge in [-0.3, -0.25) is 0 Å². The number of rotatable bonds is 2. The number of benzene rings is 1. The quantitative estimate of drug-likeness (QED) is 0.638. The van der Waals surface area contributed by atoms with Crippen molar-refractivity contribution in [2.45, 2.75) is 26.7 Å². The molecule has 68 valence electrons. The second-order valence-electron chi connectivity index (χ2n) is 3.83. The Morgan fingerprint density at radius 1 is 1.31 bits per heavy atom. The van der Waals surface area contributed by atoms with E-state index in [2.05, 4.69) is 44.2 Å². The molecule has 0 aromatic heterocycles. The van der Waals surface area contributed by atoms with E-state index in [9.17, 15) is 0 Å². The molecule has 0 heterocycles. The second-order valence-corrected chi connectivity index (χ2v) is 3.83. The summed E-state index contributed by atoms with van der Waals surface area (Å²) in [6, 6.07) is 8.76. The Kier molecular flexibility index (Phi) is 2.22. The van der Waals surface area contributed by atoms with Crippen molar-refractivity contribution in [1.29, 1.82) is 0 Å². The molecule has 0 spiro atoms. The molecule has 0 heteroatoms. The van der Waals surface area contributed by atoms with Crippen LogP contribution in [0, 0.1) is 5.92 Å². The van der Waals surface area contributed by atoms with E-state index in [1.807, 2.05) is 0 Å². The van der Waals surface area contributed by atoms with E-state index >= 15 is 0 Å². The molecule has 0 bridgehead atoms. The first-order valence-corrected chi connectivity index (χ1v) is 5.11. The summed E-state index contributed by atoms with van der Waals surface area (Å²) < 4.78 is 0. The number of hydrogen-bond donors (Lipinski definition) is 0. The molecule has 0 nitrogen and oxygen atoms in total. The van der Waals surface area contributed by atoms with Crippen LogP contribution in [-0.4, -0.2) is 0 Å². The summed E-state index contributed by atoms with van der Waals surface area (Å²) in [7, 11) is 0. The van der Waals surface area contributed by atoms with Gasteiger partial charge in [0.2, 0.25) is 0 Å². The Morgan fingerprint density at radius 3 is 2.85 bits per heavy atom. The number of allylic oxidation sites excluding steroid dienone is 2. The third-order valence-corrected chi connectivity index (χ3v) is 3.01. The van der Waals surface area contributed by atoms with Gasteiger partial charge in [-0.25, -0.2) is 0 Å². The van der Waals surface area contributed by atoms with E-state index in [0.717, 1.165) is 6.42 Å². The molecule has 1 aliphatic rings. The predicted octanol–water partition coefficient (Wildman–Crippen LogP) is 3.67. The summed E-state index contributed by atoms with van der Waals surface area (Å²) in [6.45, 7) is 4.57. The van der Waals surface area contributed by atoms with Crippen LogP contribution < -0.4 is 0 Å². The van der Waals surface area contributed by atoms with Gasteiger partial charge >= 0.3 is 0 Å². The Bertz CT molecular complexity index is 334. The van der Waals surface area contributed by atoms with Crippen LogP contribution in [0.25, 0.3) is 5.57 Å². The number of fused-ring (bicyclic) bond motifs is 1. The molecule has 1 unspecified atom stereocenters. The van der Waals surface area contributed by atoms with Crippen LogP contribution in [0.3, 0.4) is 0 Å². The minimum Gasteiger partial charge on any atom is -0.0760 e. The summed E-state index contributed by atoms with van der Waals surface area (Å²) in [6.07, 6.45) is 4.76. The van der Waals surface area contributed by atoms with Gasteiger partial charge in [-0.1, -0.05) is 44.2 Å². The van der Waals surface area contributed by atoms with Crippen LogP contribution in [0.4, 0.5) is 0 Å². The summed E-state index contributed by atoms with van der Waals surface area (Å²) >= 11 is 0. The lowest BCUT2D eigenvalue weighted by atomic mass is 9.93. The molecule has 13 heavy (non-hydrogen) atoms. The third-order valence-electron chi connectivity index (χ3n) is 3.01. The molecule has 0 saturated heterocycles. The van der Waals surface area contributed by atoms with E-state index in [-0.39, 0.29) is 0 Å². The van der Waals surface area contributed by atoms with Gasteiger partial charge in [0, 0.05) is 0 Å². The molecule has 0 fully saturated rings. The van der Waals surface area contributed by atoms with Gasteiger partial charge in [-0.05, 0) is 35.5 Å². The Morgan fingerprint density at radius 2 is 2.08 bits per heavy atom. The van der Waals surface area contributed by atoms with E-state index in [1.54, 1.807) is 5.57 Å². The standard InChI is InChI=1S/C13H16/c1-3-10(2)12-9-8-11-6-4-5-7-13(11)12/h4-7,9-10H,3,8H2,1-2H3. The van der Waals surface area contributed by atoms with Gasteiger partial charge in [-0.2, -0.15) is 0 Å². The molecule has 0 N–H and O–H groups in total. The average molecular weight is 172 g/mol. The zero-order valence-corrected chi connectivity index (χ0v) is 8.38. The molecule has 0 aliphatic heterocycles. The Hall–Kier alpha value is -1.04. The van der Waals surface area contributed by atoms with Crippen molar-refractivity contribution in [2.24, 2.45) is 5.92 Å². The molecule has 1 atom stereocenters. The highest BCUT2D eigenvalue weighted by Gasteiger charge is 2.16. The van der Waals surface area contributed by atoms with Gasteiger partial charge in [-0.15, -0.1) is 0 Å². The monoisotopic (exact) mass is 172 g/mol. The Balaban J connectivity index is 2.36. The van der Waals surface area contributed by atoms with E-state index in [0.29, 0.717) is 5.92 Å². The maximum Gasteiger partial charge on any atom is -0.00853 e. The van der Waals surface area contributed by atoms with Crippen molar-refractivity contribution < 1.29 is 0 Å². The molecule has 1 aromatic carbocycles. The molecule has 1 aromatic rings. The molecule has 1 aliphatic carbocycles. The van der Waals surface area contributed by atoms with Crippen molar-refractivity contribution in [3.05, 3.63) is 41.5 Å². The SMILES string of the molecule is CCC(C)C1=CCc2ccccc21. The molecule has 2 rings (SSSR count). The van der Waals surface area contributed by atoms with Crippen LogP contribution in [0.1, 0.15) is 31.4 Å². The summed E-state index contributed by atoms with van der Waals surface area (Å²) in [5.74, 6) is 0.712. The van der Waals surface area contributed by atoms with E-state index in [1.165, 1.54) is 17.5 Å². The molecular formula is C13H16. The highest BCUT2D eigenvalue weighted by molar-refractivity contribution is 5.74. The maximum absolute atomic E-state index is 2.39. The van der Waals surface area contributed by atoms with Gasteiger partial charge in [0.25, 0.3) is 0 Å². The lowest BCUT2D eigenvalue weighted by molar-refractivity contribution is 0.719. The zero-order valence-electron chi connectivity index (χ0n) is 8.38. The molecule has 0 amide bonds. The van der Waals surface area contributed by atoms with E-state index in [4.69, 9.17) is 0 Å². The van der Waals surface area contributed by atoms with Gasteiger partial charge < -0.3 is 0 Å². The minimum absolute atomic E-state index is 0.712. The fourth-order valence-electron chi connectivity index (χ4n) is 2.00. The van der Waals surface area contributed by atoms with Crippen molar-refractivity contribution in [3.63, 3.8) is 0 Å². The predicted molar refractivity (Wildman–Crippen MR) is 57.6 cm³/mol. The third kappa shape index (κ3) is 1.41. The van der Waals surface area contributed by atoms with Gasteiger partial charge in [0.1, 0.15) is 0 Å². The van der Waals surface area contributed by atoms with Crippen LogP contribution in [0.2, 0.25) is 0 Å². The largest absolute Gasteiger partial charge is 0.0760 e. The molecule has 0 saturated carbocycles. The normalized spacial score (nSPS) is 16.6. The highest BCUT2D eigenvalue weighted by atomic mass is 14.2. The van der Waals surface area contributed by atoms with Gasteiger partial charge in [0.15, 0.2) is 0 Å². The fraction of sp³-hybridized carbons (Fsp3) is 0.385. The summed E-state index contributed by atoms with van der Waals surface area (Å²) in [4.78, 5) is 0.